The Hall–Kier alpha value is -3.10. The van der Waals surface area contributed by atoms with Gasteiger partial charge in [-0.2, -0.15) is 0 Å². The molecule has 0 spiro atoms. The molecule has 0 radical (unpaired) electrons. The first-order valence-corrected chi connectivity index (χ1v) is 9.11. The van der Waals surface area contributed by atoms with Crippen LogP contribution in [0, 0.1) is 0 Å². The summed E-state index contributed by atoms with van der Waals surface area (Å²) in [4.78, 5) is 42.7. The lowest BCUT2D eigenvalue weighted by Crippen LogP contribution is -2.35. The Kier molecular flexibility index (Phi) is 5.81. The summed E-state index contributed by atoms with van der Waals surface area (Å²) in [6, 6.07) is 5.35. The van der Waals surface area contributed by atoms with Gasteiger partial charge in [0.25, 0.3) is 0 Å². The fourth-order valence-corrected chi connectivity index (χ4v) is 3.05. The zero-order valence-corrected chi connectivity index (χ0v) is 16.2. The first-order chi connectivity index (χ1) is 13.4. The third-order valence-corrected chi connectivity index (χ3v) is 4.80. The van der Waals surface area contributed by atoms with Crippen LogP contribution >= 0.6 is 0 Å². The van der Waals surface area contributed by atoms with E-state index in [4.69, 9.17) is 4.74 Å². The highest BCUT2D eigenvalue weighted by atomic mass is 16.5. The van der Waals surface area contributed by atoms with Gasteiger partial charge in [-0.15, -0.1) is 0 Å². The second kappa shape index (κ2) is 8.28. The van der Waals surface area contributed by atoms with Gasteiger partial charge >= 0.3 is 5.97 Å². The molecule has 1 N–H and O–H groups in total. The summed E-state index contributed by atoms with van der Waals surface area (Å²) >= 11 is 0. The van der Waals surface area contributed by atoms with Crippen LogP contribution in [-0.2, 0) is 25.7 Å². The van der Waals surface area contributed by atoms with Crippen molar-refractivity contribution in [1.29, 1.82) is 0 Å². The minimum Gasteiger partial charge on any atom is -0.494 e. The molecule has 0 aromatic heterocycles. The van der Waals surface area contributed by atoms with Gasteiger partial charge in [-0.25, -0.2) is 4.99 Å². The Balaban J connectivity index is 1.49. The van der Waals surface area contributed by atoms with Crippen LogP contribution in [0.5, 0.6) is 5.75 Å². The second-order valence-electron chi connectivity index (χ2n) is 6.80. The molecule has 2 heterocycles. The largest absolute Gasteiger partial charge is 0.494 e. The van der Waals surface area contributed by atoms with Gasteiger partial charge in [0.2, 0.25) is 17.8 Å². The highest BCUT2D eigenvalue weighted by molar-refractivity contribution is 6.07. The number of amides is 2. The van der Waals surface area contributed by atoms with Gasteiger partial charge in [-0.05, 0) is 31.5 Å². The number of esters is 1. The van der Waals surface area contributed by atoms with Gasteiger partial charge in [0, 0.05) is 25.6 Å². The fourth-order valence-electron chi connectivity index (χ4n) is 3.05. The van der Waals surface area contributed by atoms with Crippen LogP contribution < -0.4 is 10.1 Å². The van der Waals surface area contributed by atoms with E-state index < -0.39 is 5.97 Å². The third-order valence-electron chi connectivity index (χ3n) is 4.80. The van der Waals surface area contributed by atoms with E-state index in [-0.39, 0.29) is 30.8 Å². The first kappa shape index (κ1) is 19.7. The number of likely N-dealkylation sites (N-methyl/N-ethyl adjacent to an activating group) is 1. The Morgan fingerprint density at radius 2 is 2.18 bits per heavy atom. The summed E-state index contributed by atoms with van der Waals surface area (Å²) in [5, 5.41) is 2.78. The van der Waals surface area contributed by atoms with Gasteiger partial charge in [-0.1, -0.05) is 0 Å². The van der Waals surface area contributed by atoms with E-state index in [0.717, 1.165) is 11.3 Å². The lowest BCUT2D eigenvalue weighted by molar-refractivity contribution is -0.146. The van der Waals surface area contributed by atoms with Crippen molar-refractivity contribution < 1.29 is 23.9 Å². The van der Waals surface area contributed by atoms with Gasteiger partial charge in [-0.3, -0.25) is 19.7 Å². The van der Waals surface area contributed by atoms with E-state index in [1.54, 1.807) is 7.05 Å². The third kappa shape index (κ3) is 4.24. The first-order valence-electron chi connectivity index (χ1n) is 9.11. The number of methoxy groups -OCH3 is 1. The van der Waals surface area contributed by atoms with Gasteiger partial charge in [0.15, 0.2) is 0 Å². The lowest BCUT2D eigenvalue weighted by Gasteiger charge is -2.26. The monoisotopic (exact) mass is 388 g/mol. The SMILES string of the molecule is COC(=O)CN(C)C(=O)CCCOc1ccc2c(c1)CN1C(=N2)NC(=O)C1C. The number of fused-ring (bicyclic) bond motifs is 2. The summed E-state index contributed by atoms with van der Waals surface area (Å²) in [6.07, 6.45) is 0.816. The molecular formula is C19H24N4O5. The normalized spacial score (nSPS) is 17.2. The van der Waals surface area contributed by atoms with Crippen LogP contribution in [0.2, 0.25) is 0 Å². The van der Waals surface area contributed by atoms with Crippen molar-refractivity contribution in [1.82, 2.24) is 15.1 Å². The average molecular weight is 388 g/mol. The van der Waals surface area contributed by atoms with E-state index in [1.807, 2.05) is 30.0 Å². The molecule has 2 aliphatic heterocycles. The maximum atomic E-state index is 12.0. The van der Waals surface area contributed by atoms with Crippen LogP contribution in [0.15, 0.2) is 23.2 Å². The molecular weight excluding hydrogens is 364 g/mol. The molecule has 0 saturated carbocycles. The predicted molar refractivity (Wildman–Crippen MR) is 101 cm³/mol. The molecule has 1 fully saturated rings. The quantitative estimate of drug-likeness (QED) is 0.548. The minimum absolute atomic E-state index is 0.0511. The number of rotatable bonds is 7. The second-order valence-corrected chi connectivity index (χ2v) is 6.80. The standard InChI is InChI=1S/C19H24N4O5/c1-12-18(26)21-19-20-15-7-6-14(9-13(15)10-23(12)19)28-8-4-5-16(24)22(2)11-17(25)27-3/h6-7,9,12H,4-5,8,10-11H2,1-3H3,(H,20,21,26). The molecule has 1 aromatic rings. The molecule has 2 aliphatic rings. The Labute approximate surface area is 163 Å². The highest BCUT2D eigenvalue weighted by Crippen LogP contribution is 2.31. The topological polar surface area (TPSA) is 101 Å². The maximum Gasteiger partial charge on any atom is 0.325 e. The van der Waals surface area contributed by atoms with Crippen molar-refractivity contribution in [2.75, 3.05) is 27.3 Å². The number of ether oxygens (including phenoxy) is 2. The summed E-state index contributed by atoms with van der Waals surface area (Å²) < 4.78 is 10.3. The van der Waals surface area contributed by atoms with Crippen molar-refractivity contribution in [2.45, 2.75) is 32.4 Å². The zero-order chi connectivity index (χ0) is 20.3. The molecule has 0 bridgehead atoms. The smallest absolute Gasteiger partial charge is 0.325 e. The summed E-state index contributed by atoms with van der Waals surface area (Å²) in [7, 11) is 2.86. The predicted octanol–water partition coefficient (Wildman–Crippen LogP) is 0.798. The molecule has 3 rings (SSSR count). The number of carbonyl (C=O) groups excluding carboxylic acids is 3. The molecule has 1 aromatic carbocycles. The minimum atomic E-state index is -0.448. The highest BCUT2D eigenvalue weighted by Gasteiger charge is 2.35. The summed E-state index contributed by atoms with van der Waals surface area (Å²) in [5.41, 5.74) is 1.80. The van der Waals surface area contributed by atoms with Gasteiger partial charge in [0.05, 0.1) is 19.4 Å². The summed E-state index contributed by atoms with van der Waals surface area (Å²) in [5.74, 6) is 0.648. The number of hydrogen-bond acceptors (Lipinski definition) is 7. The number of carbonyl (C=O) groups is 3. The maximum absolute atomic E-state index is 12.0. The molecule has 1 saturated heterocycles. The van der Waals surface area contributed by atoms with E-state index >= 15 is 0 Å². The molecule has 150 valence electrons. The molecule has 9 heteroatoms. The average Bonchev–Trinajstić information content (AvgIpc) is 2.96. The zero-order valence-electron chi connectivity index (χ0n) is 16.2. The molecule has 28 heavy (non-hydrogen) atoms. The van der Waals surface area contributed by atoms with Crippen molar-refractivity contribution in [3.8, 4) is 5.75 Å². The van der Waals surface area contributed by atoms with E-state index in [2.05, 4.69) is 15.0 Å². The number of aliphatic imine (C=N–C) groups is 1. The van der Waals surface area contributed by atoms with Crippen molar-refractivity contribution in [3.05, 3.63) is 23.8 Å². The van der Waals surface area contributed by atoms with Crippen molar-refractivity contribution in [3.63, 3.8) is 0 Å². The van der Waals surface area contributed by atoms with Gasteiger partial charge in [0.1, 0.15) is 18.3 Å². The summed E-state index contributed by atoms with van der Waals surface area (Å²) in [6.45, 7) is 2.75. The van der Waals surface area contributed by atoms with Crippen LogP contribution in [0.25, 0.3) is 0 Å². The molecule has 2 amide bonds. The van der Waals surface area contributed by atoms with Crippen molar-refractivity contribution in [2.24, 2.45) is 4.99 Å². The number of hydrogen-bond donors (Lipinski definition) is 1. The fraction of sp³-hybridized carbons (Fsp3) is 0.474. The molecule has 0 aliphatic carbocycles. The van der Waals surface area contributed by atoms with E-state index in [0.29, 0.717) is 31.3 Å². The van der Waals surface area contributed by atoms with E-state index in [9.17, 15) is 14.4 Å². The van der Waals surface area contributed by atoms with Crippen LogP contribution in [-0.4, -0.2) is 66.9 Å². The molecule has 9 nitrogen and oxygen atoms in total. The Morgan fingerprint density at radius 1 is 1.39 bits per heavy atom. The number of nitrogens with one attached hydrogen (secondary N) is 1. The number of guanidine groups is 1. The lowest BCUT2D eigenvalue weighted by atomic mass is 10.1. The van der Waals surface area contributed by atoms with Crippen LogP contribution in [0.1, 0.15) is 25.3 Å². The number of nitrogens with zero attached hydrogens (tertiary/aromatic N) is 3. The Bertz CT molecular complexity index is 823. The van der Waals surface area contributed by atoms with E-state index in [1.165, 1.54) is 12.0 Å². The molecule has 1 atom stereocenters. The van der Waals surface area contributed by atoms with Gasteiger partial charge < -0.3 is 19.3 Å². The van der Waals surface area contributed by atoms with Crippen LogP contribution in [0.3, 0.4) is 0 Å². The van der Waals surface area contributed by atoms with Crippen LogP contribution in [0.4, 0.5) is 5.69 Å². The molecule has 1 unspecified atom stereocenters. The number of benzene rings is 1. The Morgan fingerprint density at radius 3 is 2.93 bits per heavy atom. The van der Waals surface area contributed by atoms with Crippen molar-refractivity contribution >= 4 is 29.4 Å².